The van der Waals surface area contributed by atoms with Gasteiger partial charge in [-0.3, -0.25) is 0 Å². The zero-order valence-corrected chi connectivity index (χ0v) is 25.4. The molecule has 1 amide bonds. The lowest BCUT2D eigenvalue weighted by molar-refractivity contribution is 0.0240. The predicted molar refractivity (Wildman–Crippen MR) is 160 cm³/mol. The summed E-state index contributed by atoms with van der Waals surface area (Å²) in [4.78, 5) is 22.9. The van der Waals surface area contributed by atoms with Crippen LogP contribution in [0.1, 0.15) is 39.5 Å². The summed E-state index contributed by atoms with van der Waals surface area (Å²) >= 11 is 1.11. The molecule has 0 N–H and O–H groups in total. The summed E-state index contributed by atoms with van der Waals surface area (Å²) in [5.74, 6) is -1.90. The number of benzene rings is 2. The van der Waals surface area contributed by atoms with Gasteiger partial charge >= 0.3 is 6.09 Å². The fourth-order valence-electron chi connectivity index (χ4n) is 5.04. The van der Waals surface area contributed by atoms with Gasteiger partial charge in [0.1, 0.15) is 33.6 Å². The number of hydrogen-bond donors (Lipinski definition) is 0. The second kappa shape index (κ2) is 11.8. The van der Waals surface area contributed by atoms with Gasteiger partial charge in [0.25, 0.3) is 0 Å². The number of carbonyl (C=O) groups is 1. The van der Waals surface area contributed by atoms with Crippen LogP contribution in [0.25, 0.3) is 22.2 Å². The second-order valence-electron chi connectivity index (χ2n) is 11.1. The highest BCUT2D eigenvalue weighted by Crippen LogP contribution is 2.40. The monoisotopic (exact) mass is 611 g/mol. The molecule has 0 atom stereocenters. The number of thiazole rings is 1. The van der Waals surface area contributed by atoms with Crippen LogP contribution in [0.2, 0.25) is 0 Å². The van der Waals surface area contributed by atoms with Crippen LogP contribution < -0.4 is 9.80 Å². The average Bonchev–Trinajstić information content (AvgIpc) is 3.56. The number of rotatable bonds is 6. The smallest absolute Gasteiger partial charge is 0.410 e. The number of ether oxygens (including phenoxy) is 1. The van der Waals surface area contributed by atoms with Crippen LogP contribution in [0.15, 0.2) is 30.3 Å². The van der Waals surface area contributed by atoms with E-state index in [1.807, 2.05) is 50.5 Å². The molecular weight excluding hydrogens is 579 g/mol. The first-order valence-corrected chi connectivity index (χ1v) is 14.8. The summed E-state index contributed by atoms with van der Waals surface area (Å²) in [5.41, 5.74) is 0.777. The lowest BCUT2D eigenvalue weighted by atomic mass is 10.1. The molecule has 13 heteroatoms. The Hall–Kier alpha value is -4.31. The second-order valence-corrected chi connectivity index (χ2v) is 12.1. The van der Waals surface area contributed by atoms with E-state index >= 15 is 4.39 Å². The first-order chi connectivity index (χ1) is 20.4. The number of halogens is 3. The Labute approximate surface area is 251 Å². The third-order valence-corrected chi connectivity index (χ3v) is 8.05. The van der Waals surface area contributed by atoms with Gasteiger partial charge in [0.05, 0.1) is 0 Å². The number of nitriles is 1. The molecule has 2 aromatic carbocycles. The molecule has 1 aliphatic heterocycles. The number of amides is 1. The largest absolute Gasteiger partial charge is 0.444 e. The van der Waals surface area contributed by atoms with Gasteiger partial charge in [-0.1, -0.05) is 11.3 Å². The van der Waals surface area contributed by atoms with Crippen LogP contribution in [0.3, 0.4) is 0 Å². The normalized spacial score (nSPS) is 13.8. The van der Waals surface area contributed by atoms with Gasteiger partial charge in [-0.05, 0) is 65.0 Å². The van der Waals surface area contributed by atoms with Gasteiger partial charge in [-0.2, -0.15) is 10.4 Å². The van der Waals surface area contributed by atoms with Gasteiger partial charge in [-0.15, -0.1) is 0 Å². The predicted octanol–water partition coefficient (Wildman–Crippen LogP) is 6.68. The minimum Gasteiger partial charge on any atom is -0.444 e. The first-order valence-electron chi connectivity index (χ1n) is 14.0. The number of piperazine rings is 1. The Morgan fingerprint density at radius 1 is 1.07 bits per heavy atom. The van der Waals surface area contributed by atoms with Crippen LogP contribution in [0, 0.1) is 28.8 Å². The maximum absolute atomic E-state index is 15.6. The number of aryl methyl sites for hydroxylation is 1. The third kappa shape index (κ3) is 5.97. The lowest BCUT2D eigenvalue weighted by Gasteiger charge is -2.36. The summed E-state index contributed by atoms with van der Waals surface area (Å²) in [7, 11) is 0. The SMILES string of the molecule is CCN(c1nc(-c2ccc(F)c(F)c2)c(C#N)s1)c1c2cc(N3CCN(C(=O)OC(C)(C)C)CC3)cc(F)c2nn1CC. The Kier molecular flexibility index (Phi) is 8.25. The van der Waals surface area contributed by atoms with E-state index in [9.17, 15) is 18.8 Å². The van der Waals surface area contributed by atoms with Crippen molar-refractivity contribution < 1.29 is 22.7 Å². The van der Waals surface area contributed by atoms with E-state index in [4.69, 9.17) is 4.74 Å². The summed E-state index contributed by atoms with van der Waals surface area (Å²) in [5, 5.41) is 15.4. The Morgan fingerprint density at radius 3 is 2.40 bits per heavy atom. The molecule has 3 heterocycles. The molecule has 0 bridgehead atoms. The van der Waals surface area contributed by atoms with Crippen LogP contribution in [-0.4, -0.2) is 64.1 Å². The van der Waals surface area contributed by atoms with Crippen molar-refractivity contribution in [1.29, 1.82) is 5.26 Å². The molecule has 0 unspecified atom stereocenters. The summed E-state index contributed by atoms with van der Waals surface area (Å²) in [6, 6.07) is 8.84. The molecular formula is C30H32F3N7O2S. The number of carbonyl (C=O) groups excluding carboxylic acids is 1. The van der Waals surface area contributed by atoms with Gasteiger partial charge in [-0.25, -0.2) is 27.6 Å². The summed E-state index contributed by atoms with van der Waals surface area (Å²) in [6.07, 6.45) is -0.373. The number of anilines is 3. The number of fused-ring (bicyclic) bond motifs is 1. The highest BCUT2D eigenvalue weighted by atomic mass is 32.1. The van der Waals surface area contributed by atoms with Gasteiger partial charge in [0.15, 0.2) is 22.6 Å². The van der Waals surface area contributed by atoms with E-state index in [0.717, 1.165) is 23.5 Å². The maximum atomic E-state index is 15.6. The molecule has 2 aromatic heterocycles. The quantitative estimate of drug-likeness (QED) is 0.240. The molecule has 4 aromatic rings. The van der Waals surface area contributed by atoms with Gasteiger partial charge in [0, 0.05) is 55.9 Å². The van der Waals surface area contributed by atoms with E-state index in [2.05, 4.69) is 16.2 Å². The van der Waals surface area contributed by atoms with Crippen molar-refractivity contribution in [3.05, 3.63) is 52.7 Å². The zero-order valence-electron chi connectivity index (χ0n) is 24.6. The molecule has 43 heavy (non-hydrogen) atoms. The zero-order chi connectivity index (χ0) is 31.1. The van der Waals surface area contributed by atoms with Gasteiger partial charge in [0.2, 0.25) is 0 Å². The van der Waals surface area contributed by atoms with Crippen molar-refractivity contribution in [2.24, 2.45) is 0 Å². The molecule has 226 valence electrons. The minimum atomic E-state index is -1.03. The molecule has 9 nitrogen and oxygen atoms in total. The standard InChI is InChI=1S/C30H32F3N7O2S/c1-6-39(28-35-25(24(17-34)43-28)18-8-9-21(31)22(32)14-18)27-20-15-19(16-23(33)26(20)36-40(27)7-2)37-10-12-38(13-11-37)29(41)42-30(3,4)5/h8-9,14-16H,6-7,10-13H2,1-5H3. The lowest BCUT2D eigenvalue weighted by Crippen LogP contribution is -2.50. The van der Waals surface area contributed by atoms with Crippen molar-refractivity contribution in [1.82, 2.24) is 19.7 Å². The van der Waals surface area contributed by atoms with E-state index in [-0.39, 0.29) is 27.7 Å². The Morgan fingerprint density at radius 2 is 1.79 bits per heavy atom. The van der Waals surface area contributed by atoms with Crippen molar-refractivity contribution >= 4 is 45.0 Å². The number of hydrogen-bond acceptors (Lipinski definition) is 8. The van der Waals surface area contributed by atoms with Crippen LogP contribution >= 0.6 is 11.3 Å². The molecule has 1 fully saturated rings. The highest BCUT2D eigenvalue weighted by Gasteiger charge is 2.29. The Balaban J connectivity index is 1.51. The van der Waals surface area contributed by atoms with E-state index < -0.39 is 23.1 Å². The molecule has 1 aliphatic rings. The summed E-state index contributed by atoms with van der Waals surface area (Å²) < 4.78 is 50.4. The topological polar surface area (TPSA) is 90.5 Å². The van der Waals surface area contributed by atoms with Crippen molar-refractivity contribution in [2.45, 2.75) is 46.8 Å². The molecule has 0 spiro atoms. The van der Waals surface area contributed by atoms with Crippen molar-refractivity contribution in [2.75, 3.05) is 42.5 Å². The molecule has 5 rings (SSSR count). The summed E-state index contributed by atoms with van der Waals surface area (Å²) in [6.45, 7) is 12.0. The molecule has 0 saturated carbocycles. The molecule has 0 aliphatic carbocycles. The van der Waals surface area contributed by atoms with Crippen LogP contribution in [0.5, 0.6) is 0 Å². The number of aromatic nitrogens is 3. The van der Waals surface area contributed by atoms with Gasteiger partial charge < -0.3 is 19.4 Å². The van der Waals surface area contributed by atoms with E-state index in [0.29, 0.717) is 61.3 Å². The fraction of sp³-hybridized carbons (Fsp3) is 0.400. The minimum absolute atomic E-state index is 0.198. The maximum Gasteiger partial charge on any atom is 0.410 e. The molecule has 1 saturated heterocycles. The number of nitrogens with zero attached hydrogens (tertiary/aromatic N) is 7. The van der Waals surface area contributed by atoms with E-state index in [1.54, 1.807) is 9.58 Å². The van der Waals surface area contributed by atoms with Crippen LogP contribution in [-0.2, 0) is 11.3 Å². The van der Waals surface area contributed by atoms with Crippen LogP contribution in [0.4, 0.5) is 34.6 Å². The highest BCUT2D eigenvalue weighted by molar-refractivity contribution is 7.16. The first kappa shape index (κ1) is 30.2. The van der Waals surface area contributed by atoms with Crippen molar-refractivity contribution in [3.63, 3.8) is 0 Å². The third-order valence-electron chi connectivity index (χ3n) is 7.06. The van der Waals surface area contributed by atoms with Crippen molar-refractivity contribution in [3.8, 4) is 17.3 Å². The average molecular weight is 612 g/mol. The molecule has 0 radical (unpaired) electrons. The fourth-order valence-corrected chi connectivity index (χ4v) is 5.99. The van der Waals surface area contributed by atoms with E-state index in [1.165, 1.54) is 12.1 Å². The Bertz CT molecular complexity index is 1720.